The molecule has 0 atom stereocenters. The molecule has 0 aromatic rings. The monoisotopic (exact) mass is 310 g/mol. The van der Waals surface area contributed by atoms with Crippen LogP contribution < -0.4 is 0 Å². The van der Waals surface area contributed by atoms with Crippen LogP contribution in [0.2, 0.25) is 0 Å². The Morgan fingerprint density at radius 2 is 1.82 bits per heavy atom. The summed E-state index contributed by atoms with van der Waals surface area (Å²) in [6, 6.07) is 0. The van der Waals surface area contributed by atoms with Crippen molar-refractivity contribution in [2.75, 3.05) is 32.7 Å². The Morgan fingerprint density at radius 1 is 1.18 bits per heavy atom. The number of likely N-dealkylation sites (tertiary alicyclic amines) is 1. The van der Waals surface area contributed by atoms with Crippen LogP contribution in [0.5, 0.6) is 0 Å². The van der Waals surface area contributed by atoms with Crippen molar-refractivity contribution in [2.45, 2.75) is 71.5 Å². The van der Waals surface area contributed by atoms with Gasteiger partial charge in [0.2, 0.25) is 0 Å². The largest absolute Gasteiger partial charge is 0.357 e. The third kappa shape index (κ3) is 4.02. The molecule has 128 valence electrons. The van der Waals surface area contributed by atoms with Gasteiger partial charge in [-0.15, -0.1) is 0 Å². The molecule has 0 bridgehead atoms. The lowest BCUT2D eigenvalue weighted by molar-refractivity contribution is -0.216. The number of carbonyl (C=O) groups is 1. The van der Waals surface area contributed by atoms with E-state index in [9.17, 15) is 4.79 Å². The summed E-state index contributed by atoms with van der Waals surface area (Å²) >= 11 is 0. The van der Waals surface area contributed by atoms with Crippen LogP contribution in [0, 0.1) is 5.92 Å². The van der Waals surface area contributed by atoms with Gasteiger partial charge in [-0.1, -0.05) is 20.8 Å². The lowest BCUT2D eigenvalue weighted by Crippen LogP contribution is -2.65. The molecule has 1 spiro atoms. The van der Waals surface area contributed by atoms with Gasteiger partial charge in [0.25, 0.3) is 5.91 Å². The molecule has 0 saturated carbocycles. The Balaban J connectivity index is 1.98. The summed E-state index contributed by atoms with van der Waals surface area (Å²) in [5.41, 5.74) is -0.797. The second-order valence-corrected chi connectivity index (χ2v) is 8.05. The molecular weight excluding hydrogens is 276 g/mol. The molecule has 2 saturated heterocycles. The van der Waals surface area contributed by atoms with Gasteiger partial charge in [-0.25, -0.2) is 0 Å². The van der Waals surface area contributed by atoms with E-state index in [2.05, 4.69) is 25.7 Å². The molecule has 2 rings (SSSR count). The summed E-state index contributed by atoms with van der Waals surface area (Å²) in [6.07, 6.45) is 4.36. The number of rotatable bonds is 5. The Morgan fingerprint density at radius 3 is 2.36 bits per heavy atom. The fourth-order valence-corrected chi connectivity index (χ4v) is 3.75. The minimum Gasteiger partial charge on any atom is -0.357 e. The van der Waals surface area contributed by atoms with E-state index in [0.717, 1.165) is 51.4 Å². The van der Waals surface area contributed by atoms with Crippen molar-refractivity contribution >= 4 is 5.91 Å². The van der Waals surface area contributed by atoms with Crippen LogP contribution in [0.25, 0.3) is 0 Å². The number of piperidine rings is 1. The smallest absolute Gasteiger partial charge is 0.254 e. The zero-order valence-electron chi connectivity index (χ0n) is 15.2. The molecule has 0 aromatic carbocycles. The number of carbonyl (C=O) groups excluding carboxylic acids is 1. The molecule has 2 aliphatic rings. The first-order valence-electron chi connectivity index (χ1n) is 9.00. The van der Waals surface area contributed by atoms with Crippen LogP contribution in [0.3, 0.4) is 0 Å². The minimum atomic E-state index is -0.673. The zero-order valence-corrected chi connectivity index (χ0v) is 15.2. The number of ether oxygens (including phenoxy) is 1. The molecule has 4 heteroatoms. The van der Waals surface area contributed by atoms with E-state index < -0.39 is 5.60 Å². The van der Waals surface area contributed by atoms with Crippen LogP contribution in [-0.4, -0.2) is 59.6 Å². The van der Waals surface area contributed by atoms with Crippen molar-refractivity contribution in [1.29, 1.82) is 0 Å². The molecule has 0 aliphatic carbocycles. The molecule has 4 nitrogen and oxygen atoms in total. The highest BCUT2D eigenvalue weighted by Crippen LogP contribution is 2.37. The van der Waals surface area contributed by atoms with Crippen LogP contribution in [0.4, 0.5) is 0 Å². The Labute approximate surface area is 136 Å². The van der Waals surface area contributed by atoms with Gasteiger partial charge in [0.15, 0.2) is 0 Å². The molecule has 0 aromatic heterocycles. The maximum atomic E-state index is 12.5. The normalized spacial score (nSPS) is 25.2. The fraction of sp³-hybridized carbons (Fsp3) is 0.944. The van der Waals surface area contributed by atoms with Gasteiger partial charge in [-0.05, 0) is 52.0 Å². The molecule has 0 unspecified atom stereocenters. The van der Waals surface area contributed by atoms with E-state index in [4.69, 9.17) is 4.74 Å². The lowest BCUT2D eigenvalue weighted by Gasteiger charge is -2.52. The van der Waals surface area contributed by atoms with E-state index in [1.54, 1.807) is 0 Å². The van der Waals surface area contributed by atoms with Gasteiger partial charge in [-0.3, -0.25) is 4.79 Å². The third-order valence-corrected chi connectivity index (χ3v) is 5.04. The van der Waals surface area contributed by atoms with Crippen molar-refractivity contribution in [3.63, 3.8) is 0 Å². The van der Waals surface area contributed by atoms with E-state index >= 15 is 0 Å². The van der Waals surface area contributed by atoms with E-state index in [1.165, 1.54) is 13.0 Å². The standard InChI is InChI=1S/C18H34N2O2/c1-6-10-20-14-18(22-17(4,5)16(20)21)8-12-19(13-9-18)11-7-15(2)3/h15H,6-14H2,1-5H3. The summed E-state index contributed by atoms with van der Waals surface area (Å²) in [5, 5.41) is 0. The van der Waals surface area contributed by atoms with E-state index in [1.807, 2.05) is 18.7 Å². The first-order valence-corrected chi connectivity index (χ1v) is 9.00. The quantitative estimate of drug-likeness (QED) is 0.783. The number of morpholine rings is 1. The second kappa shape index (κ2) is 6.88. The number of hydrogen-bond donors (Lipinski definition) is 0. The van der Waals surface area contributed by atoms with Crippen LogP contribution in [0.1, 0.15) is 60.3 Å². The predicted octanol–water partition coefficient (Wildman–Crippen LogP) is 2.91. The van der Waals surface area contributed by atoms with Crippen LogP contribution in [0.15, 0.2) is 0 Å². The predicted molar refractivity (Wildman–Crippen MR) is 89.9 cm³/mol. The highest BCUT2D eigenvalue weighted by Gasteiger charge is 2.50. The number of nitrogens with zero attached hydrogens (tertiary/aromatic N) is 2. The summed E-state index contributed by atoms with van der Waals surface area (Å²) < 4.78 is 6.35. The first kappa shape index (κ1) is 17.7. The lowest BCUT2D eigenvalue weighted by atomic mass is 9.86. The third-order valence-electron chi connectivity index (χ3n) is 5.04. The average molecular weight is 310 g/mol. The number of amides is 1. The molecule has 2 heterocycles. The van der Waals surface area contributed by atoms with Gasteiger partial charge < -0.3 is 14.5 Å². The SMILES string of the molecule is CCCN1CC2(CCN(CCC(C)C)CC2)OC(C)(C)C1=O. The first-order chi connectivity index (χ1) is 10.3. The average Bonchev–Trinajstić information content (AvgIpc) is 2.44. The molecular formula is C18H34N2O2. The van der Waals surface area contributed by atoms with Crippen LogP contribution >= 0.6 is 0 Å². The van der Waals surface area contributed by atoms with Crippen molar-refractivity contribution in [3.8, 4) is 0 Å². The second-order valence-electron chi connectivity index (χ2n) is 8.05. The molecule has 2 fully saturated rings. The molecule has 0 radical (unpaired) electrons. The Bertz CT molecular complexity index is 385. The zero-order chi connectivity index (χ0) is 16.4. The van der Waals surface area contributed by atoms with Gasteiger partial charge in [0.1, 0.15) is 5.60 Å². The minimum absolute atomic E-state index is 0.124. The highest BCUT2D eigenvalue weighted by atomic mass is 16.5. The summed E-state index contributed by atoms with van der Waals surface area (Å²) in [4.78, 5) is 17.1. The summed E-state index contributed by atoms with van der Waals surface area (Å²) in [5.74, 6) is 0.917. The van der Waals surface area contributed by atoms with Crippen molar-refractivity contribution in [3.05, 3.63) is 0 Å². The highest BCUT2D eigenvalue weighted by molar-refractivity contribution is 5.85. The Kier molecular flexibility index (Phi) is 5.54. The van der Waals surface area contributed by atoms with Gasteiger partial charge in [0.05, 0.1) is 5.60 Å². The van der Waals surface area contributed by atoms with Crippen molar-refractivity contribution < 1.29 is 9.53 Å². The fourth-order valence-electron chi connectivity index (χ4n) is 3.75. The number of hydrogen-bond acceptors (Lipinski definition) is 3. The molecule has 0 N–H and O–H groups in total. The van der Waals surface area contributed by atoms with E-state index in [-0.39, 0.29) is 11.5 Å². The molecule has 2 aliphatic heterocycles. The summed E-state index contributed by atoms with van der Waals surface area (Å²) in [7, 11) is 0. The molecule has 1 amide bonds. The molecule has 22 heavy (non-hydrogen) atoms. The van der Waals surface area contributed by atoms with Gasteiger partial charge >= 0.3 is 0 Å². The van der Waals surface area contributed by atoms with Gasteiger partial charge in [0, 0.05) is 26.2 Å². The van der Waals surface area contributed by atoms with E-state index in [0.29, 0.717) is 0 Å². The van der Waals surface area contributed by atoms with Crippen molar-refractivity contribution in [2.24, 2.45) is 5.92 Å². The Hall–Kier alpha value is -0.610. The topological polar surface area (TPSA) is 32.8 Å². The maximum Gasteiger partial charge on any atom is 0.254 e. The summed E-state index contributed by atoms with van der Waals surface area (Å²) in [6.45, 7) is 15.6. The maximum absolute atomic E-state index is 12.5. The van der Waals surface area contributed by atoms with Crippen molar-refractivity contribution in [1.82, 2.24) is 9.80 Å². The van der Waals surface area contributed by atoms with Crippen LogP contribution in [-0.2, 0) is 9.53 Å². The van der Waals surface area contributed by atoms with Gasteiger partial charge in [-0.2, -0.15) is 0 Å².